The number of nitriles is 1. The lowest BCUT2D eigenvalue weighted by Gasteiger charge is -2.24. The van der Waals surface area contributed by atoms with Crippen molar-refractivity contribution in [2.75, 3.05) is 13.6 Å². The Labute approximate surface area is 80.1 Å². The minimum atomic E-state index is -0.380. The Hall–Kier alpha value is -0.260. The Morgan fingerprint density at radius 3 is 2.58 bits per heavy atom. The second kappa shape index (κ2) is 6.28. The fraction of sp³-hybridized carbons (Fsp3) is 0.889. The normalized spacial score (nSPS) is 15.7. The van der Waals surface area contributed by atoms with Crippen LogP contribution in [-0.2, 0) is 0 Å². The van der Waals surface area contributed by atoms with Crippen molar-refractivity contribution in [3.8, 4) is 6.07 Å². The van der Waals surface area contributed by atoms with Gasteiger partial charge in [0.05, 0.1) is 6.07 Å². The number of hydrogen-bond acceptors (Lipinski definition) is 2. The van der Waals surface area contributed by atoms with E-state index >= 15 is 0 Å². The van der Waals surface area contributed by atoms with E-state index in [2.05, 4.69) is 18.7 Å². The standard InChI is InChI=1S/C9H17ClN2/c1-4-5-8(2)12(3)7-9(10)6-11/h8-9H,4-5,7H2,1-3H3. The second-order valence-electron chi connectivity index (χ2n) is 3.17. The van der Waals surface area contributed by atoms with Crippen LogP contribution in [0.1, 0.15) is 26.7 Å². The molecule has 0 aromatic rings. The Bertz CT molecular complexity index is 153. The predicted octanol–water partition coefficient (Wildman–Crippen LogP) is 2.24. The van der Waals surface area contributed by atoms with Crippen LogP contribution in [0.4, 0.5) is 0 Å². The molecule has 0 aromatic heterocycles. The van der Waals surface area contributed by atoms with Crippen molar-refractivity contribution < 1.29 is 0 Å². The summed E-state index contributed by atoms with van der Waals surface area (Å²) in [5.74, 6) is 0. The minimum absolute atomic E-state index is 0.380. The van der Waals surface area contributed by atoms with Gasteiger partial charge in [0.2, 0.25) is 0 Å². The first-order valence-corrected chi connectivity index (χ1v) is 4.79. The van der Waals surface area contributed by atoms with Gasteiger partial charge < -0.3 is 4.90 Å². The minimum Gasteiger partial charge on any atom is -0.301 e. The van der Waals surface area contributed by atoms with Gasteiger partial charge in [-0.2, -0.15) is 5.26 Å². The fourth-order valence-corrected chi connectivity index (χ4v) is 1.33. The molecule has 3 heteroatoms. The van der Waals surface area contributed by atoms with Gasteiger partial charge in [0.25, 0.3) is 0 Å². The molecule has 0 saturated carbocycles. The average Bonchev–Trinajstić information content (AvgIpc) is 2.04. The molecule has 0 amide bonds. The lowest BCUT2D eigenvalue weighted by atomic mass is 10.2. The van der Waals surface area contributed by atoms with Gasteiger partial charge in [-0.25, -0.2) is 0 Å². The highest BCUT2D eigenvalue weighted by Crippen LogP contribution is 2.06. The highest BCUT2D eigenvalue weighted by atomic mass is 35.5. The van der Waals surface area contributed by atoms with Gasteiger partial charge in [0, 0.05) is 12.6 Å². The largest absolute Gasteiger partial charge is 0.301 e. The van der Waals surface area contributed by atoms with Crippen LogP contribution in [0.5, 0.6) is 0 Å². The number of hydrogen-bond donors (Lipinski definition) is 0. The molecule has 0 rings (SSSR count). The Kier molecular flexibility index (Phi) is 6.14. The van der Waals surface area contributed by atoms with E-state index in [1.807, 2.05) is 13.1 Å². The molecular formula is C9H17ClN2. The predicted molar refractivity (Wildman–Crippen MR) is 52.3 cm³/mol. The summed E-state index contributed by atoms with van der Waals surface area (Å²) < 4.78 is 0. The molecule has 70 valence electrons. The van der Waals surface area contributed by atoms with Crippen LogP contribution < -0.4 is 0 Å². The molecular weight excluding hydrogens is 172 g/mol. The van der Waals surface area contributed by atoms with Gasteiger partial charge in [0.15, 0.2) is 0 Å². The molecule has 0 spiro atoms. The molecule has 0 fully saturated rings. The number of rotatable bonds is 5. The van der Waals surface area contributed by atoms with Gasteiger partial charge in [-0.3, -0.25) is 0 Å². The van der Waals surface area contributed by atoms with Crippen LogP contribution in [0.3, 0.4) is 0 Å². The molecule has 0 N–H and O–H groups in total. The van der Waals surface area contributed by atoms with E-state index in [9.17, 15) is 0 Å². The summed E-state index contributed by atoms with van der Waals surface area (Å²) in [5.41, 5.74) is 0. The number of halogens is 1. The van der Waals surface area contributed by atoms with Crippen molar-refractivity contribution in [3.63, 3.8) is 0 Å². The molecule has 0 aromatic carbocycles. The van der Waals surface area contributed by atoms with E-state index in [0.717, 1.165) is 6.42 Å². The van der Waals surface area contributed by atoms with Crippen LogP contribution >= 0.6 is 11.6 Å². The van der Waals surface area contributed by atoms with E-state index in [4.69, 9.17) is 16.9 Å². The van der Waals surface area contributed by atoms with E-state index in [-0.39, 0.29) is 5.38 Å². The van der Waals surface area contributed by atoms with Gasteiger partial charge in [-0.05, 0) is 20.4 Å². The van der Waals surface area contributed by atoms with E-state index in [0.29, 0.717) is 12.6 Å². The molecule has 0 radical (unpaired) electrons. The van der Waals surface area contributed by atoms with E-state index < -0.39 is 0 Å². The molecule has 0 aliphatic heterocycles. The van der Waals surface area contributed by atoms with Crippen molar-refractivity contribution in [1.29, 1.82) is 5.26 Å². The van der Waals surface area contributed by atoms with Crippen LogP contribution in [-0.4, -0.2) is 29.9 Å². The molecule has 0 aliphatic carbocycles. The maximum Gasteiger partial charge on any atom is 0.133 e. The lowest BCUT2D eigenvalue weighted by Crippen LogP contribution is -2.33. The number of alkyl halides is 1. The summed E-state index contributed by atoms with van der Waals surface area (Å²) in [6.07, 6.45) is 2.33. The average molecular weight is 189 g/mol. The molecule has 0 aliphatic rings. The van der Waals surface area contributed by atoms with E-state index in [1.54, 1.807) is 0 Å². The van der Waals surface area contributed by atoms with E-state index in [1.165, 1.54) is 6.42 Å². The topological polar surface area (TPSA) is 27.0 Å². The maximum atomic E-state index is 8.49. The van der Waals surface area contributed by atoms with Gasteiger partial charge in [0.1, 0.15) is 5.38 Å². The molecule has 0 saturated heterocycles. The zero-order valence-corrected chi connectivity index (χ0v) is 8.80. The van der Waals surface area contributed by atoms with Gasteiger partial charge >= 0.3 is 0 Å². The van der Waals surface area contributed by atoms with Crippen molar-refractivity contribution in [1.82, 2.24) is 4.90 Å². The number of nitrogens with zero attached hydrogens (tertiary/aromatic N) is 2. The first kappa shape index (κ1) is 11.7. The lowest BCUT2D eigenvalue weighted by molar-refractivity contribution is 0.251. The third-order valence-electron chi connectivity index (χ3n) is 2.05. The van der Waals surface area contributed by atoms with Crippen molar-refractivity contribution in [3.05, 3.63) is 0 Å². The summed E-state index contributed by atoms with van der Waals surface area (Å²) in [6.45, 7) is 4.97. The zero-order chi connectivity index (χ0) is 9.56. The summed E-state index contributed by atoms with van der Waals surface area (Å²) in [7, 11) is 2.01. The van der Waals surface area contributed by atoms with Crippen molar-refractivity contribution in [2.24, 2.45) is 0 Å². The SMILES string of the molecule is CCCC(C)N(C)CC(Cl)C#N. The zero-order valence-electron chi connectivity index (χ0n) is 8.05. The maximum absolute atomic E-state index is 8.49. The molecule has 0 bridgehead atoms. The molecule has 2 atom stereocenters. The molecule has 0 heterocycles. The van der Waals surface area contributed by atoms with Gasteiger partial charge in [-0.1, -0.05) is 13.3 Å². The Morgan fingerprint density at radius 1 is 1.58 bits per heavy atom. The third-order valence-corrected chi connectivity index (χ3v) is 2.28. The van der Waals surface area contributed by atoms with Crippen molar-refractivity contribution in [2.45, 2.75) is 38.1 Å². The summed E-state index contributed by atoms with van der Waals surface area (Å²) in [5, 5.41) is 8.11. The fourth-order valence-electron chi connectivity index (χ4n) is 1.11. The van der Waals surface area contributed by atoms with Crippen LogP contribution in [0, 0.1) is 11.3 Å². The van der Waals surface area contributed by atoms with Crippen LogP contribution in [0.15, 0.2) is 0 Å². The smallest absolute Gasteiger partial charge is 0.133 e. The Morgan fingerprint density at radius 2 is 2.17 bits per heavy atom. The quantitative estimate of drug-likeness (QED) is 0.619. The van der Waals surface area contributed by atoms with Crippen molar-refractivity contribution >= 4 is 11.6 Å². The van der Waals surface area contributed by atoms with Crippen LogP contribution in [0.2, 0.25) is 0 Å². The van der Waals surface area contributed by atoms with Gasteiger partial charge in [-0.15, -0.1) is 11.6 Å². The Balaban J connectivity index is 3.71. The first-order valence-electron chi connectivity index (χ1n) is 4.35. The monoisotopic (exact) mass is 188 g/mol. The second-order valence-corrected chi connectivity index (χ2v) is 3.70. The summed E-state index contributed by atoms with van der Waals surface area (Å²) in [4.78, 5) is 2.13. The molecule has 2 unspecified atom stereocenters. The third kappa shape index (κ3) is 4.58. The summed E-state index contributed by atoms with van der Waals surface area (Å²) >= 11 is 5.70. The summed E-state index contributed by atoms with van der Waals surface area (Å²) in [6, 6.07) is 2.53. The molecule has 2 nitrogen and oxygen atoms in total. The van der Waals surface area contributed by atoms with Crippen LogP contribution in [0.25, 0.3) is 0 Å². The first-order chi connectivity index (χ1) is 5.61. The molecule has 12 heavy (non-hydrogen) atoms. The highest BCUT2D eigenvalue weighted by Gasteiger charge is 2.11. The highest BCUT2D eigenvalue weighted by molar-refractivity contribution is 6.22.